The molecule has 26 heavy (non-hydrogen) atoms. The lowest BCUT2D eigenvalue weighted by molar-refractivity contribution is -0.113. The lowest BCUT2D eigenvalue weighted by Crippen LogP contribution is -2.14. The SMILES string of the molecule is COc1ccc(NC(=O)CSc2nc3c(=O)[nH]cnc3n2C)cc1OC. The normalized spacial score (nSPS) is 10.7. The number of nitrogens with zero attached hydrogens (tertiary/aromatic N) is 3. The largest absolute Gasteiger partial charge is 0.493 e. The monoisotopic (exact) mass is 375 g/mol. The molecule has 0 aliphatic carbocycles. The number of carbonyl (C=O) groups is 1. The number of aromatic amines is 1. The van der Waals surface area contributed by atoms with E-state index in [9.17, 15) is 9.59 Å². The summed E-state index contributed by atoms with van der Waals surface area (Å²) in [6, 6.07) is 5.12. The molecule has 136 valence electrons. The summed E-state index contributed by atoms with van der Waals surface area (Å²) in [5, 5.41) is 3.32. The molecule has 0 atom stereocenters. The summed E-state index contributed by atoms with van der Waals surface area (Å²) < 4.78 is 12.1. The second-order valence-electron chi connectivity index (χ2n) is 5.26. The van der Waals surface area contributed by atoms with Crippen LogP contribution in [0.25, 0.3) is 11.2 Å². The Labute approximate surface area is 152 Å². The number of hydrogen-bond acceptors (Lipinski definition) is 7. The van der Waals surface area contributed by atoms with Crippen LogP contribution >= 0.6 is 11.8 Å². The minimum atomic E-state index is -0.313. The first kappa shape index (κ1) is 17.8. The molecule has 9 nitrogen and oxygen atoms in total. The van der Waals surface area contributed by atoms with Gasteiger partial charge in [0.25, 0.3) is 5.56 Å². The molecule has 1 aromatic carbocycles. The average molecular weight is 375 g/mol. The fourth-order valence-corrected chi connectivity index (χ4v) is 3.13. The zero-order valence-corrected chi connectivity index (χ0v) is 15.2. The van der Waals surface area contributed by atoms with Crippen molar-refractivity contribution >= 4 is 34.5 Å². The lowest BCUT2D eigenvalue weighted by Gasteiger charge is -2.10. The number of rotatable bonds is 6. The van der Waals surface area contributed by atoms with Crippen LogP contribution in [0.2, 0.25) is 0 Å². The van der Waals surface area contributed by atoms with Gasteiger partial charge in [-0.25, -0.2) is 9.97 Å². The van der Waals surface area contributed by atoms with Crippen molar-refractivity contribution in [1.29, 1.82) is 0 Å². The van der Waals surface area contributed by atoms with Crippen LogP contribution in [0.4, 0.5) is 5.69 Å². The van der Waals surface area contributed by atoms with Crippen LogP contribution in [-0.2, 0) is 11.8 Å². The Hall–Kier alpha value is -3.01. The van der Waals surface area contributed by atoms with E-state index in [-0.39, 0.29) is 22.7 Å². The van der Waals surface area contributed by atoms with Crippen molar-refractivity contribution in [3.8, 4) is 11.5 Å². The fourth-order valence-electron chi connectivity index (χ4n) is 2.36. The molecular formula is C16H17N5O4S. The number of carbonyl (C=O) groups excluding carboxylic acids is 1. The minimum absolute atomic E-state index is 0.128. The molecule has 3 rings (SSSR count). The summed E-state index contributed by atoms with van der Waals surface area (Å²) in [5.41, 5.74) is 0.998. The predicted octanol–water partition coefficient (Wildman–Crippen LogP) is 1.40. The van der Waals surface area contributed by atoms with Crippen molar-refractivity contribution in [2.45, 2.75) is 5.16 Å². The van der Waals surface area contributed by atoms with Crippen molar-refractivity contribution < 1.29 is 14.3 Å². The zero-order valence-electron chi connectivity index (χ0n) is 14.4. The molecule has 2 N–H and O–H groups in total. The molecule has 0 aliphatic heterocycles. The number of aryl methyl sites for hydroxylation is 1. The fraction of sp³-hybridized carbons (Fsp3) is 0.250. The maximum absolute atomic E-state index is 12.2. The quantitative estimate of drug-likeness (QED) is 0.627. The van der Waals surface area contributed by atoms with Gasteiger partial charge >= 0.3 is 0 Å². The van der Waals surface area contributed by atoms with Crippen molar-refractivity contribution in [2.24, 2.45) is 7.05 Å². The molecule has 0 unspecified atom stereocenters. The molecule has 0 bridgehead atoms. The van der Waals surface area contributed by atoms with Gasteiger partial charge in [-0.3, -0.25) is 9.59 Å². The van der Waals surface area contributed by atoms with E-state index in [1.165, 1.54) is 25.2 Å². The second-order valence-corrected chi connectivity index (χ2v) is 6.21. The summed E-state index contributed by atoms with van der Waals surface area (Å²) in [6.45, 7) is 0. The third-order valence-corrected chi connectivity index (χ3v) is 4.65. The highest BCUT2D eigenvalue weighted by Gasteiger charge is 2.14. The first-order valence-electron chi connectivity index (χ1n) is 7.58. The summed E-state index contributed by atoms with van der Waals surface area (Å²) in [5.74, 6) is 1.02. The van der Waals surface area contributed by atoms with E-state index in [1.807, 2.05) is 0 Å². The van der Waals surface area contributed by atoms with Crippen molar-refractivity contribution in [2.75, 3.05) is 25.3 Å². The average Bonchev–Trinajstić information content (AvgIpc) is 2.97. The van der Waals surface area contributed by atoms with Gasteiger partial charge < -0.3 is 24.3 Å². The first-order valence-corrected chi connectivity index (χ1v) is 8.57. The maximum atomic E-state index is 12.2. The molecule has 0 fully saturated rings. The molecule has 0 aliphatic rings. The highest BCUT2D eigenvalue weighted by atomic mass is 32.2. The number of hydrogen-bond donors (Lipinski definition) is 2. The molecule has 2 aromatic heterocycles. The number of aromatic nitrogens is 4. The van der Waals surface area contributed by atoms with Crippen LogP contribution in [0, 0.1) is 0 Å². The van der Waals surface area contributed by atoms with Gasteiger partial charge in [0, 0.05) is 18.8 Å². The summed E-state index contributed by atoms with van der Waals surface area (Å²) >= 11 is 1.22. The second kappa shape index (κ2) is 7.48. The number of anilines is 1. The number of thioether (sulfide) groups is 1. The van der Waals surface area contributed by atoms with Crippen LogP contribution in [0.5, 0.6) is 11.5 Å². The molecule has 0 saturated carbocycles. The van der Waals surface area contributed by atoms with E-state index in [0.717, 1.165) is 0 Å². The van der Waals surface area contributed by atoms with Crippen LogP contribution in [0.15, 0.2) is 34.5 Å². The number of benzene rings is 1. The van der Waals surface area contributed by atoms with Crippen molar-refractivity contribution in [3.05, 3.63) is 34.9 Å². The number of amides is 1. The van der Waals surface area contributed by atoms with Gasteiger partial charge in [0.2, 0.25) is 5.91 Å². The molecule has 0 saturated heterocycles. The Kier molecular flexibility index (Phi) is 5.12. The van der Waals surface area contributed by atoms with E-state index < -0.39 is 0 Å². The number of ether oxygens (including phenoxy) is 2. The first-order chi connectivity index (χ1) is 12.5. The number of H-pyrrole nitrogens is 1. The van der Waals surface area contributed by atoms with E-state index >= 15 is 0 Å². The topological polar surface area (TPSA) is 111 Å². The van der Waals surface area contributed by atoms with Gasteiger partial charge in [-0.05, 0) is 12.1 Å². The molecule has 2 heterocycles. The molecule has 1 amide bonds. The standard InChI is InChI=1S/C16H17N5O4S/c1-21-14-13(15(23)18-8-17-14)20-16(21)26-7-12(22)19-9-4-5-10(24-2)11(6-9)25-3/h4-6,8H,7H2,1-3H3,(H,19,22)(H,17,18,23). The van der Waals surface area contributed by atoms with Gasteiger partial charge in [0.15, 0.2) is 27.8 Å². The Morgan fingerprint density at radius 3 is 2.77 bits per heavy atom. The van der Waals surface area contributed by atoms with Crippen LogP contribution in [0.3, 0.4) is 0 Å². The predicted molar refractivity (Wildman–Crippen MR) is 98.0 cm³/mol. The number of nitrogens with one attached hydrogen (secondary N) is 2. The van der Waals surface area contributed by atoms with Crippen molar-refractivity contribution in [1.82, 2.24) is 19.5 Å². The Bertz CT molecular complexity index is 1010. The minimum Gasteiger partial charge on any atom is -0.493 e. The molecule has 3 aromatic rings. The Morgan fingerprint density at radius 1 is 1.31 bits per heavy atom. The molecular weight excluding hydrogens is 358 g/mol. The van der Waals surface area contributed by atoms with Crippen molar-refractivity contribution in [3.63, 3.8) is 0 Å². The number of fused-ring (bicyclic) bond motifs is 1. The molecule has 0 spiro atoms. The Balaban J connectivity index is 1.69. The van der Waals surface area contributed by atoms with E-state index in [0.29, 0.717) is 28.0 Å². The zero-order chi connectivity index (χ0) is 18.7. The summed E-state index contributed by atoms with van der Waals surface area (Å²) in [4.78, 5) is 34.8. The highest BCUT2D eigenvalue weighted by molar-refractivity contribution is 7.99. The van der Waals surface area contributed by atoms with E-state index in [1.54, 1.807) is 36.9 Å². The van der Waals surface area contributed by atoms with Gasteiger partial charge in [0.05, 0.1) is 26.3 Å². The van der Waals surface area contributed by atoms with E-state index in [4.69, 9.17) is 9.47 Å². The molecule has 10 heteroatoms. The maximum Gasteiger partial charge on any atom is 0.278 e. The lowest BCUT2D eigenvalue weighted by atomic mass is 10.2. The third kappa shape index (κ3) is 3.49. The smallest absolute Gasteiger partial charge is 0.278 e. The van der Waals surface area contributed by atoms with Gasteiger partial charge in [0.1, 0.15) is 0 Å². The van der Waals surface area contributed by atoms with E-state index in [2.05, 4.69) is 20.3 Å². The number of imidazole rings is 1. The summed E-state index contributed by atoms with van der Waals surface area (Å²) in [7, 11) is 4.82. The van der Waals surface area contributed by atoms with Gasteiger partial charge in [-0.15, -0.1) is 0 Å². The van der Waals surface area contributed by atoms with Crippen LogP contribution in [-0.4, -0.2) is 45.4 Å². The summed E-state index contributed by atoms with van der Waals surface area (Å²) in [6.07, 6.45) is 1.32. The number of methoxy groups -OCH3 is 2. The Morgan fingerprint density at radius 2 is 2.08 bits per heavy atom. The third-order valence-electron chi connectivity index (χ3n) is 3.62. The van der Waals surface area contributed by atoms with Crippen LogP contribution < -0.4 is 20.3 Å². The highest BCUT2D eigenvalue weighted by Crippen LogP contribution is 2.30. The molecule has 0 radical (unpaired) electrons. The van der Waals surface area contributed by atoms with Crippen LogP contribution in [0.1, 0.15) is 0 Å². The van der Waals surface area contributed by atoms with Gasteiger partial charge in [-0.2, -0.15) is 0 Å². The van der Waals surface area contributed by atoms with Gasteiger partial charge in [-0.1, -0.05) is 11.8 Å².